The number of rotatable bonds is 10. The molecule has 1 fully saturated rings. The van der Waals surface area contributed by atoms with Crippen LogP contribution in [0.2, 0.25) is 0 Å². The van der Waals surface area contributed by atoms with E-state index in [-0.39, 0.29) is 12.0 Å². The molecule has 1 aromatic rings. The normalized spacial score (nSPS) is 24.7. The van der Waals surface area contributed by atoms with Crippen molar-refractivity contribution in [2.45, 2.75) is 37.1 Å². The van der Waals surface area contributed by atoms with Crippen molar-refractivity contribution in [1.82, 2.24) is 9.55 Å². The first-order chi connectivity index (χ1) is 15.5. The van der Waals surface area contributed by atoms with Crippen molar-refractivity contribution in [3.63, 3.8) is 0 Å². The van der Waals surface area contributed by atoms with E-state index in [0.29, 0.717) is 7.11 Å². The minimum Gasteiger partial charge on any atom is -0.352 e. The number of nitrogens with zero attached hydrogens (tertiary/aromatic N) is 4. The van der Waals surface area contributed by atoms with Gasteiger partial charge in [-0.15, -0.1) is 0 Å². The van der Waals surface area contributed by atoms with Gasteiger partial charge in [0.1, 0.15) is 6.23 Å². The summed E-state index contributed by atoms with van der Waals surface area (Å²) >= 11 is 0. The molecule has 1 saturated heterocycles. The van der Waals surface area contributed by atoms with E-state index < -0.39 is 64.6 Å². The Morgan fingerprint density at radius 1 is 1.35 bits per heavy atom. The van der Waals surface area contributed by atoms with Crippen LogP contribution in [0, 0.1) is 6.92 Å². The van der Waals surface area contributed by atoms with Gasteiger partial charge in [-0.05, 0) is 12.5 Å². The summed E-state index contributed by atoms with van der Waals surface area (Å²) in [5, 5.41) is -2.24. The van der Waals surface area contributed by atoms with Crippen molar-refractivity contribution in [2.75, 3.05) is 13.7 Å². The fraction of sp³-hybridized carbons (Fsp3) is 0.667. The van der Waals surface area contributed by atoms with Crippen LogP contribution in [-0.4, -0.2) is 55.5 Å². The maximum atomic E-state index is 13.6. The Morgan fingerprint density at radius 3 is 2.50 bits per heavy atom. The molecule has 2 rings (SSSR count). The Kier molecular flexibility index (Phi) is 8.46. The molecule has 0 bridgehead atoms. The van der Waals surface area contributed by atoms with E-state index in [0.717, 1.165) is 10.8 Å². The third-order valence-corrected chi connectivity index (χ3v) is 9.90. The zero-order valence-corrected chi connectivity index (χ0v) is 19.8. The van der Waals surface area contributed by atoms with Gasteiger partial charge < -0.3 is 19.4 Å². The minimum atomic E-state index is -6.63. The molecule has 0 amide bonds. The van der Waals surface area contributed by atoms with Crippen molar-refractivity contribution in [3.8, 4) is 0 Å². The van der Waals surface area contributed by atoms with Crippen LogP contribution in [0.5, 0.6) is 0 Å². The SMILES string of the molecule is COP(=O)(OC[C@H]1O[C@@H](n2cc(C)c(=O)[nH]c2=O)C[C@H]1N=[N+]=[N-])OP(=O)(O)C(F)(F)P(=O)(O)O. The number of halogens is 2. The van der Waals surface area contributed by atoms with Crippen LogP contribution in [-0.2, 0) is 31.8 Å². The Bertz CT molecular complexity index is 1240. The van der Waals surface area contributed by atoms with Gasteiger partial charge in [0.25, 0.3) is 5.56 Å². The van der Waals surface area contributed by atoms with Gasteiger partial charge in [-0.25, -0.2) is 13.7 Å². The van der Waals surface area contributed by atoms with Gasteiger partial charge in [0.15, 0.2) is 0 Å². The Balaban J connectivity index is 2.24. The molecule has 0 saturated carbocycles. The lowest BCUT2D eigenvalue weighted by molar-refractivity contribution is -0.0276. The van der Waals surface area contributed by atoms with Gasteiger partial charge in [-0.3, -0.25) is 32.5 Å². The number of hydrogen-bond donors (Lipinski definition) is 4. The first-order valence-corrected chi connectivity index (χ1v) is 13.4. The lowest BCUT2D eigenvalue weighted by Crippen LogP contribution is -2.33. The number of aryl methyl sites for hydroxylation is 1. The van der Waals surface area contributed by atoms with Crippen molar-refractivity contribution in [2.24, 2.45) is 5.11 Å². The van der Waals surface area contributed by atoms with E-state index in [1.807, 2.05) is 4.98 Å². The molecule has 2 unspecified atom stereocenters. The summed E-state index contributed by atoms with van der Waals surface area (Å²) in [6.45, 7) is 0.450. The number of nitrogens with one attached hydrogen (secondary N) is 1. The molecule has 34 heavy (non-hydrogen) atoms. The highest BCUT2D eigenvalue weighted by molar-refractivity contribution is 7.75. The number of phosphoric acid groups is 1. The second kappa shape index (κ2) is 10.1. The summed E-state index contributed by atoms with van der Waals surface area (Å²) in [7, 11) is -18.0. The van der Waals surface area contributed by atoms with Gasteiger partial charge in [0.2, 0.25) is 0 Å². The summed E-state index contributed by atoms with van der Waals surface area (Å²) in [4.78, 5) is 54.7. The number of alkyl halides is 2. The molecule has 1 aliphatic rings. The molecule has 192 valence electrons. The van der Waals surface area contributed by atoms with Crippen LogP contribution in [0.1, 0.15) is 18.2 Å². The van der Waals surface area contributed by atoms with Crippen LogP contribution in [0.15, 0.2) is 20.9 Å². The molecule has 17 nitrogen and oxygen atoms in total. The molecule has 2 heterocycles. The number of hydrogen-bond acceptors (Lipinski definition) is 10. The molecule has 1 aromatic heterocycles. The van der Waals surface area contributed by atoms with Crippen molar-refractivity contribution in [1.29, 1.82) is 0 Å². The van der Waals surface area contributed by atoms with Gasteiger partial charge in [-0.1, -0.05) is 5.11 Å². The molecule has 1 aliphatic heterocycles. The first-order valence-electron chi connectivity index (χ1n) is 8.77. The molecule has 22 heteroatoms. The largest absolute Gasteiger partial charge is 0.482 e. The third-order valence-electron chi connectivity index (χ3n) is 4.38. The van der Waals surface area contributed by atoms with Crippen LogP contribution in [0.25, 0.3) is 10.4 Å². The third kappa shape index (κ3) is 5.90. The number of aromatic nitrogens is 2. The topological polar surface area (TPSA) is 252 Å². The standard InChI is InChI=1S/C12H18F2N5O12P3/c1-6-4-19(11(21)16-10(6)20)9-3-7(17-18-15)8(30-9)5-29-34(27,28-2)31-33(25,26)12(13,14)32(22,23)24/h4,7-9H,3,5H2,1-2H3,(H,25,26)(H,16,20,21)(H2,22,23,24)/t7-,8-,9-,34?/m1/s1. The molecule has 4 N–H and O–H groups in total. The average Bonchev–Trinajstić information content (AvgIpc) is 3.11. The number of aromatic amines is 1. The Hall–Kier alpha value is -1.74. The monoisotopic (exact) mass is 555 g/mol. The zero-order chi connectivity index (χ0) is 26.1. The maximum absolute atomic E-state index is 13.6. The summed E-state index contributed by atoms with van der Waals surface area (Å²) < 4.78 is 81.5. The van der Waals surface area contributed by atoms with E-state index in [9.17, 15) is 37.0 Å². The van der Waals surface area contributed by atoms with Crippen LogP contribution >= 0.6 is 23.0 Å². The lowest BCUT2D eigenvalue weighted by Gasteiger charge is -2.26. The van der Waals surface area contributed by atoms with Crippen LogP contribution in [0.4, 0.5) is 8.78 Å². The first kappa shape index (κ1) is 28.5. The number of phosphoric ester groups is 1. The molecule has 0 spiro atoms. The highest BCUT2D eigenvalue weighted by Crippen LogP contribution is 2.78. The van der Waals surface area contributed by atoms with Gasteiger partial charge in [0.05, 0.1) is 18.8 Å². The molecular formula is C12H18F2N5O12P3. The van der Waals surface area contributed by atoms with Gasteiger partial charge in [0, 0.05) is 30.2 Å². The minimum absolute atomic E-state index is 0.130. The number of ether oxygens (including phenoxy) is 1. The highest BCUT2D eigenvalue weighted by atomic mass is 31.3. The zero-order valence-electron chi connectivity index (χ0n) is 17.1. The molecule has 0 aliphatic carbocycles. The molecule has 5 atom stereocenters. The number of H-pyrrole nitrogens is 1. The fourth-order valence-corrected chi connectivity index (χ4v) is 6.66. The maximum Gasteiger partial charge on any atom is 0.482 e. The summed E-state index contributed by atoms with van der Waals surface area (Å²) in [6.07, 6.45) is -1.50. The van der Waals surface area contributed by atoms with Crippen LogP contribution in [0.3, 0.4) is 0 Å². The van der Waals surface area contributed by atoms with Gasteiger partial charge >= 0.3 is 34.1 Å². The lowest BCUT2D eigenvalue weighted by atomic mass is 10.1. The predicted molar refractivity (Wildman–Crippen MR) is 106 cm³/mol. The van der Waals surface area contributed by atoms with Crippen molar-refractivity contribution < 1.29 is 55.3 Å². The predicted octanol–water partition coefficient (Wildman–Crippen LogP) is 1.51. The molecule has 0 aromatic carbocycles. The summed E-state index contributed by atoms with van der Waals surface area (Å²) in [5.74, 6) is 0. The second-order valence-electron chi connectivity index (χ2n) is 6.70. The Labute approximate surface area is 187 Å². The number of azide groups is 1. The quantitative estimate of drug-likeness (QED) is 0.139. The van der Waals surface area contributed by atoms with E-state index in [4.69, 9.17) is 20.1 Å². The van der Waals surface area contributed by atoms with E-state index in [1.165, 1.54) is 6.92 Å². The van der Waals surface area contributed by atoms with Crippen LogP contribution < -0.4 is 11.2 Å². The average molecular weight is 555 g/mol. The second-order valence-corrected chi connectivity index (χ2v) is 12.5. The smallest absolute Gasteiger partial charge is 0.352 e. The molecular weight excluding hydrogens is 537 g/mol. The fourth-order valence-electron chi connectivity index (χ4n) is 2.65. The highest BCUT2D eigenvalue weighted by Gasteiger charge is 2.67. The van der Waals surface area contributed by atoms with Crippen molar-refractivity contribution >= 4 is 23.0 Å². The van der Waals surface area contributed by atoms with Crippen molar-refractivity contribution in [3.05, 3.63) is 43.0 Å². The van der Waals surface area contributed by atoms with E-state index >= 15 is 0 Å². The summed E-state index contributed by atoms with van der Waals surface area (Å²) in [5.41, 5.74) is 7.33. The van der Waals surface area contributed by atoms with E-state index in [2.05, 4.69) is 23.4 Å². The molecule has 0 radical (unpaired) electrons. The van der Waals surface area contributed by atoms with E-state index in [1.54, 1.807) is 0 Å². The van der Waals surface area contributed by atoms with Gasteiger partial charge in [-0.2, -0.15) is 8.78 Å². The summed E-state index contributed by atoms with van der Waals surface area (Å²) in [6, 6.07) is -1.11. The Morgan fingerprint density at radius 2 is 1.97 bits per heavy atom.